The monoisotopic (exact) mass is 460 g/mol. The second-order valence-corrected chi connectivity index (χ2v) is 6.85. The summed E-state index contributed by atoms with van der Waals surface area (Å²) in [6.45, 7) is 13.1. The molecule has 2 aromatic rings. The van der Waals surface area contributed by atoms with E-state index in [9.17, 15) is 0 Å². The van der Waals surface area contributed by atoms with Crippen LogP contribution in [0.15, 0.2) is 35.0 Å². The summed E-state index contributed by atoms with van der Waals surface area (Å²) in [5, 5.41) is 4.21. The van der Waals surface area contributed by atoms with Crippen LogP contribution < -0.4 is 0 Å². The van der Waals surface area contributed by atoms with Crippen LogP contribution in [0.5, 0.6) is 0 Å². The van der Waals surface area contributed by atoms with E-state index in [1.54, 1.807) is 22.7 Å². The van der Waals surface area contributed by atoms with E-state index in [0.29, 0.717) is 0 Å². The van der Waals surface area contributed by atoms with Crippen LogP contribution in [0, 0.1) is 0 Å². The van der Waals surface area contributed by atoms with Gasteiger partial charge in [0.1, 0.15) is 0 Å². The van der Waals surface area contributed by atoms with Gasteiger partial charge in [-0.15, -0.1) is 22.7 Å². The second-order valence-electron chi connectivity index (χ2n) is 4.95. The SMILES string of the molecule is CCCC.CCCC.CCCC.[Sn].c1csc(-c2cccs2)c1. The minimum absolute atomic E-state index is 0. The number of hydrogen-bond acceptors (Lipinski definition) is 2. The van der Waals surface area contributed by atoms with Gasteiger partial charge < -0.3 is 0 Å². The molecule has 0 amide bonds. The van der Waals surface area contributed by atoms with E-state index in [0.717, 1.165) is 0 Å². The summed E-state index contributed by atoms with van der Waals surface area (Å²) in [6, 6.07) is 8.46. The van der Waals surface area contributed by atoms with Crippen LogP contribution >= 0.6 is 22.7 Å². The van der Waals surface area contributed by atoms with Gasteiger partial charge in [0.05, 0.1) is 0 Å². The zero-order chi connectivity index (χ0) is 17.1. The van der Waals surface area contributed by atoms with Gasteiger partial charge in [0.25, 0.3) is 0 Å². The van der Waals surface area contributed by atoms with Crippen molar-refractivity contribution in [3.8, 4) is 9.75 Å². The third-order valence-corrected chi connectivity index (χ3v) is 4.72. The van der Waals surface area contributed by atoms with Crippen LogP contribution in [0.2, 0.25) is 0 Å². The van der Waals surface area contributed by atoms with Crippen LogP contribution in [0.3, 0.4) is 0 Å². The molecule has 3 heteroatoms. The molecule has 0 unspecified atom stereocenters. The standard InChI is InChI=1S/C8H6S2.3C4H10.Sn/c1-3-7(9-5-1)8-4-2-6-10-8;3*1-3-4-2;/h1-6H;3*3-4H2,1-2H3;. The first-order valence-corrected chi connectivity index (χ1v) is 10.5. The Balaban J connectivity index is -0.000000264. The van der Waals surface area contributed by atoms with Gasteiger partial charge in [0.2, 0.25) is 0 Å². The van der Waals surface area contributed by atoms with Gasteiger partial charge in [-0.3, -0.25) is 0 Å². The number of rotatable bonds is 4. The van der Waals surface area contributed by atoms with Gasteiger partial charge >= 0.3 is 0 Å². The van der Waals surface area contributed by atoms with E-state index in [1.165, 1.54) is 48.3 Å². The van der Waals surface area contributed by atoms with Gasteiger partial charge in [-0.1, -0.05) is 92.2 Å². The Labute approximate surface area is 170 Å². The largest absolute Gasteiger partial charge is 0.143 e. The molecular formula is C20H36S2Sn. The number of unbranched alkanes of at least 4 members (excludes halogenated alkanes) is 3. The minimum atomic E-state index is 0. The summed E-state index contributed by atoms with van der Waals surface area (Å²) in [7, 11) is 0. The molecule has 0 aromatic carbocycles. The first-order chi connectivity index (χ1) is 10.7. The minimum Gasteiger partial charge on any atom is -0.143 e. The van der Waals surface area contributed by atoms with Crippen molar-refractivity contribution in [3.05, 3.63) is 35.0 Å². The van der Waals surface area contributed by atoms with Crippen LogP contribution in [-0.2, 0) is 0 Å². The van der Waals surface area contributed by atoms with Crippen molar-refractivity contribution in [1.82, 2.24) is 0 Å². The normalized spacial score (nSPS) is 8.26. The van der Waals surface area contributed by atoms with Crippen molar-refractivity contribution < 1.29 is 0 Å². The van der Waals surface area contributed by atoms with E-state index < -0.39 is 0 Å². The molecule has 132 valence electrons. The molecule has 0 bridgehead atoms. The predicted molar refractivity (Wildman–Crippen MR) is 115 cm³/mol. The Morgan fingerprint density at radius 2 is 0.826 bits per heavy atom. The number of hydrogen-bond donors (Lipinski definition) is 0. The Morgan fingerprint density at radius 1 is 0.565 bits per heavy atom. The molecule has 2 aromatic heterocycles. The van der Waals surface area contributed by atoms with E-state index in [4.69, 9.17) is 0 Å². The molecule has 0 saturated carbocycles. The molecule has 0 saturated heterocycles. The maximum Gasteiger partial charge on any atom is 0.0442 e. The summed E-state index contributed by atoms with van der Waals surface area (Å²) < 4.78 is 0. The molecule has 0 atom stereocenters. The molecule has 0 nitrogen and oxygen atoms in total. The third-order valence-electron chi connectivity index (χ3n) is 2.79. The van der Waals surface area contributed by atoms with Crippen molar-refractivity contribution in [2.75, 3.05) is 0 Å². The van der Waals surface area contributed by atoms with Gasteiger partial charge in [-0.05, 0) is 22.9 Å². The quantitative estimate of drug-likeness (QED) is 0.402. The molecule has 4 radical (unpaired) electrons. The van der Waals surface area contributed by atoms with Crippen LogP contribution in [-0.4, -0.2) is 23.9 Å². The van der Waals surface area contributed by atoms with E-state index in [2.05, 4.69) is 76.6 Å². The Kier molecular flexibility index (Phi) is 29.8. The van der Waals surface area contributed by atoms with E-state index in [-0.39, 0.29) is 23.9 Å². The average Bonchev–Trinajstić information content (AvgIpc) is 3.27. The predicted octanol–water partition coefficient (Wildman–Crippen LogP) is 8.52. The first kappa shape index (κ1) is 28.0. The summed E-state index contributed by atoms with van der Waals surface area (Å²) in [5.41, 5.74) is 0. The molecule has 2 heterocycles. The van der Waals surface area contributed by atoms with Crippen molar-refractivity contribution >= 4 is 46.6 Å². The Hall–Kier alpha value is 0.199. The van der Waals surface area contributed by atoms with Crippen molar-refractivity contribution in [2.24, 2.45) is 0 Å². The molecule has 23 heavy (non-hydrogen) atoms. The topological polar surface area (TPSA) is 0 Å². The smallest absolute Gasteiger partial charge is 0.0442 e. The molecule has 0 spiro atoms. The summed E-state index contributed by atoms with van der Waals surface area (Å²) >= 11 is 3.58. The fourth-order valence-electron chi connectivity index (χ4n) is 0.838. The van der Waals surface area contributed by atoms with Crippen molar-refractivity contribution in [2.45, 2.75) is 80.1 Å². The Morgan fingerprint density at radius 3 is 0.957 bits per heavy atom. The fourth-order valence-corrected chi connectivity index (χ4v) is 2.42. The van der Waals surface area contributed by atoms with Crippen LogP contribution in [0.4, 0.5) is 0 Å². The maximum absolute atomic E-state index is 2.18. The van der Waals surface area contributed by atoms with Gasteiger partial charge in [0.15, 0.2) is 0 Å². The average molecular weight is 459 g/mol. The molecular weight excluding hydrogens is 423 g/mol. The van der Waals surface area contributed by atoms with Crippen molar-refractivity contribution in [1.29, 1.82) is 0 Å². The summed E-state index contributed by atoms with van der Waals surface area (Å²) in [4.78, 5) is 2.74. The fraction of sp³-hybridized carbons (Fsp3) is 0.600. The van der Waals surface area contributed by atoms with E-state index >= 15 is 0 Å². The van der Waals surface area contributed by atoms with Crippen LogP contribution in [0.25, 0.3) is 9.75 Å². The zero-order valence-electron chi connectivity index (χ0n) is 16.0. The summed E-state index contributed by atoms with van der Waals surface area (Å²) in [5.74, 6) is 0. The molecule has 0 aliphatic heterocycles. The maximum atomic E-state index is 2.18. The van der Waals surface area contributed by atoms with Gasteiger partial charge in [-0.25, -0.2) is 0 Å². The van der Waals surface area contributed by atoms with E-state index in [1.807, 2.05) is 0 Å². The van der Waals surface area contributed by atoms with Crippen molar-refractivity contribution in [3.63, 3.8) is 0 Å². The molecule has 0 aliphatic carbocycles. The molecule has 0 aliphatic rings. The zero-order valence-corrected chi connectivity index (χ0v) is 20.5. The third kappa shape index (κ3) is 20.2. The molecule has 0 fully saturated rings. The van der Waals surface area contributed by atoms with Gasteiger partial charge in [-0.2, -0.15) is 0 Å². The Bertz CT molecular complexity index is 319. The summed E-state index contributed by atoms with van der Waals surface area (Å²) in [6.07, 6.45) is 7.92. The van der Waals surface area contributed by atoms with Crippen LogP contribution in [0.1, 0.15) is 80.1 Å². The molecule has 0 N–H and O–H groups in total. The molecule has 2 rings (SSSR count). The first-order valence-electron chi connectivity index (χ1n) is 8.78. The van der Waals surface area contributed by atoms with Gasteiger partial charge in [0, 0.05) is 33.7 Å². The second kappa shape index (κ2) is 24.5. The number of thiophene rings is 2.